The summed E-state index contributed by atoms with van der Waals surface area (Å²) in [5.41, 5.74) is 0. The van der Waals surface area contributed by atoms with E-state index in [0.29, 0.717) is 12.3 Å². The van der Waals surface area contributed by atoms with Crippen molar-refractivity contribution in [3.05, 3.63) is 0 Å². The van der Waals surface area contributed by atoms with Crippen molar-refractivity contribution in [3.63, 3.8) is 0 Å². The number of carbonyl (C=O) groups is 1. The van der Waals surface area contributed by atoms with E-state index < -0.39 is 0 Å². The van der Waals surface area contributed by atoms with Gasteiger partial charge in [-0.15, -0.1) is 0 Å². The van der Waals surface area contributed by atoms with Gasteiger partial charge in [0.25, 0.3) is 0 Å². The van der Waals surface area contributed by atoms with Crippen molar-refractivity contribution in [2.45, 2.75) is 6.42 Å². The summed E-state index contributed by atoms with van der Waals surface area (Å²) in [5.74, 6) is 0.647. The van der Waals surface area contributed by atoms with Gasteiger partial charge in [-0.2, -0.15) is 12.6 Å². The minimum atomic E-state index is 0.584. The largest absolute Gasteiger partial charge is 0.308 e. The second-order valence-corrected chi connectivity index (χ2v) is 1.43. The fourth-order valence-electron chi connectivity index (χ4n) is 0.240. The summed E-state index contributed by atoms with van der Waals surface area (Å²) in [6.07, 6.45) is 1.47. The van der Waals surface area contributed by atoms with Crippen LogP contribution in [0.4, 0.5) is 0 Å². The van der Waals surface area contributed by atoms with Crippen LogP contribution in [0.5, 0.6) is 0 Å². The molecule has 0 saturated heterocycles. The quantitative estimate of drug-likeness (QED) is 0.237. The molecule has 2 nitrogen and oxygen atoms in total. The van der Waals surface area contributed by atoms with Crippen LogP contribution >= 0.6 is 12.6 Å². The van der Waals surface area contributed by atoms with Crippen molar-refractivity contribution in [2.24, 2.45) is 0 Å². The SMILES string of the molecule is O=CCCNCS. The van der Waals surface area contributed by atoms with Crippen LogP contribution in [0.2, 0.25) is 0 Å². The number of aldehydes is 1. The van der Waals surface area contributed by atoms with Gasteiger partial charge in [0.2, 0.25) is 0 Å². The van der Waals surface area contributed by atoms with E-state index in [-0.39, 0.29) is 0 Å². The molecule has 0 aliphatic heterocycles. The average molecular weight is 119 g/mol. The zero-order valence-corrected chi connectivity index (χ0v) is 4.95. The van der Waals surface area contributed by atoms with Crippen molar-refractivity contribution in [2.75, 3.05) is 12.4 Å². The summed E-state index contributed by atoms with van der Waals surface area (Å²) in [6, 6.07) is 0. The van der Waals surface area contributed by atoms with Crippen LogP contribution in [0.3, 0.4) is 0 Å². The first kappa shape index (κ1) is 6.98. The molecule has 0 aromatic rings. The molecule has 0 heterocycles. The molecular formula is C4H9NOS. The Morgan fingerprint density at radius 2 is 2.43 bits per heavy atom. The normalized spacial score (nSPS) is 8.71. The smallest absolute Gasteiger partial charge is 0.121 e. The van der Waals surface area contributed by atoms with Gasteiger partial charge in [-0.3, -0.25) is 0 Å². The first-order valence-corrected chi connectivity index (χ1v) is 2.80. The third kappa shape index (κ3) is 5.98. The molecule has 0 rings (SSSR count). The van der Waals surface area contributed by atoms with Crippen LogP contribution in [0.1, 0.15) is 6.42 Å². The van der Waals surface area contributed by atoms with Crippen molar-refractivity contribution in [1.82, 2.24) is 5.32 Å². The number of thiol groups is 1. The fourth-order valence-corrected chi connectivity index (χ4v) is 0.398. The lowest BCUT2D eigenvalue weighted by Crippen LogP contribution is -2.12. The molecule has 3 heteroatoms. The van der Waals surface area contributed by atoms with Crippen molar-refractivity contribution >= 4 is 18.9 Å². The Kier molecular flexibility index (Phi) is 5.96. The maximum atomic E-state index is 9.61. The van der Waals surface area contributed by atoms with E-state index in [0.717, 1.165) is 12.8 Å². The number of hydrogen-bond donors (Lipinski definition) is 2. The molecule has 0 saturated carbocycles. The highest BCUT2D eigenvalue weighted by Crippen LogP contribution is 1.67. The minimum absolute atomic E-state index is 0.584. The molecule has 7 heavy (non-hydrogen) atoms. The molecule has 1 N–H and O–H groups in total. The van der Waals surface area contributed by atoms with Gasteiger partial charge in [0.05, 0.1) is 0 Å². The lowest BCUT2D eigenvalue weighted by molar-refractivity contribution is -0.107. The van der Waals surface area contributed by atoms with E-state index in [1.807, 2.05) is 0 Å². The predicted molar refractivity (Wildman–Crippen MR) is 32.5 cm³/mol. The zero-order valence-electron chi connectivity index (χ0n) is 4.05. The zero-order chi connectivity index (χ0) is 5.54. The molecule has 0 aliphatic carbocycles. The first-order valence-electron chi connectivity index (χ1n) is 2.17. The van der Waals surface area contributed by atoms with Crippen molar-refractivity contribution in [3.8, 4) is 0 Å². The van der Waals surface area contributed by atoms with Gasteiger partial charge in [-0.1, -0.05) is 0 Å². The van der Waals surface area contributed by atoms with Gasteiger partial charge in [-0.05, 0) is 0 Å². The molecular weight excluding hydrogens is 110 g/mol. The molecule has 0 unspecified atom stereocenters. The maximum absolute atomic E-state index is 9.61. The second-order valence-electron chi connectivity index (χ2n) is 1.11. The molecule has 42 valence electrons. The highest BCUT2D eigenvalue weighted by molar-refractivity contribution is 7.80. The highest BCUT2D eigenvalue weighted by atomic mass is 32.1. The van der Waals surface area contributed by atoms with E-state index in [1.54, 1.807) is 0 Å². The van der Waals surface area contributed by atoms with Crippen LogP contribution in [0, 0.1) is 0 Å². The monoisotopic (exact) mass is 119 g/mol. The second kappa shape index (κ2) is 5.98. The molecule has 0 aliphatic rings. The molecule has 0 bridgehead atoms. The Morgan fingerprint density at radius 1 is 1.71 bits per heavy atom. The van der Waals surface area contributed by atoms with Crippen LogP contribution in [-0.2, 0) is 4.79 Å². The van der Waals surface area contributed by atoms with E-state index in [1.165, 1.54) is 0 Å². The fraction of sp³-hybridized carbons (Fsp3) is 0.750. The van der Waals surface area contributed by atoms with Crippen LogP contribution in [0.25, 0.3) is 0 Å². The molecule has 0 aromatic carbocycles. The Labute approximate surface area is 48.7 Å². The maximum Gasteiger partial charge on any atom is 0.121 e. The Hall–Kier alpha value is -0.0200. The predicted octanol–water partition coefficient (Wildman–Crippen LogP) is 0.0523. The Balaban J connectivity index is 2.56. The summed E-state index contributed by atoms with van der Waals surface area (Å²) >= 11 is 3.87. The average Bonchev–Trinajstić information content (AvgIpc) is 1.69. The number of rotatable bonds is 4. The Morgan fingerprint density at radius 3 is 2.86 bits per heavy atom. The van der Waals surface area contributed by atoms with Gasteiger partial charge in [0, 0.05) is 18.8 Å². The lowest BCUT2D eigenvalue weighted by atomic mass is 10.5. The standard InChI is InChI=1S/C4H9NOS/c6-3-1-2-5-4-7/h3,5,7H,1-2,4H2. The summed E-state index contributed by atoms with van der Waals surface area (Å²) < 4.78 is 0. The van der Waals surface area contributed by atoms with Gasteiger partial charge in [0.15, 0.2) is 0 Å². The number of hydrogen-bond acceptors (Lipinski definition) is 3. The highest BCUT2D eigenvalue weighted by Gasteiger charge is 1.77. The van der Waals surface area contributed by atoms with E-state index in [4.69, 9.17) is 0 Å². The van der Waals surface area contributed by atoms with Gasteiger partial charge in [-0.25, -0.2) is 0 Å². The summed E-state index contributed by atoms with van der Waals surface area (Å²) in [6.45, 7) is 0.743. The third-order valence-corrected chi connectivity index (χ3v) is 0.774. The Bertz CT molecular complexity index is 49.0. The number of nitrogens with one attached hydrogen (secondary N) is 1. The van der Waals surface area contributed by atoms with Gasteiger partial charge < -0.3 is 10.1 Å². The van der Waals surface area contributed by atoms with Crippen molar-refractivity contribution in [1.29, 1.82) is 0 Å². The molecule has 0 amide bonds. The van der Waals surface area contributed by atoms with Crippen LogP contribution in [0.15, 0.2) is 0 Å². The molecule has 0 atom stereocenters. The lowest BCUT2D eigenvalue weighted by Gasteiger charge is -1.90. The van der Waals surface area contributed by atoms with Crippen LogP contribution in [-0.4, -0.2) is 18.7 Å². The molecule has 0 aromatic heterocycles. The van der Waals surface area contributed by atoms with E-state index in [9.17, 15) is 4.79 Å². The van der Waals surface area contributed by atoms with Crippen LogP contribution < -0.4 is 5.32 Å². The van der Waals surface area contributed by atoms with Crippen molar-refractivity contribution < 1.29 is 4.79 Å². The topological polar surface area (TPSA) is 29.1 Å². The molecule has 0 spiro atoms. The number of carbonyl (C=O) groups excluding carboxylic acids is 1. The molecule has 0 fully saturated rings. The molecule has 0 radical (unpaired) electrons. The van der Waals surface area contributed by atoms with E-state index >= 15 is 0 Å². The van der Waals surface area contributed by atoms with E-state index in [2.05, 4.69) is 17.9 Å². The summed E-state index contributed by atoms with van der Waals surface area (Å²) in [4.78, 5) is 9.61. The first-order chi connectivity index (χ1) is 3.41. The minimum Gasteiger partial charge on any atom is -0.308 e. The summed E-state index contributed by atoms with van der Waals surface area (Å²) in [5, 5.41) is 2.88. The third-order valence-electron chi connectivity index (χ3n) is 0.551. The van der Waals surface area contributed by atoms with Gasteiger partial charge in [0.1, 0.15) is 6.29 Å². The van der Waals surface area contributed by atoms with Gasteiger partial charge >= 0.3 is 0 Å². The summed E-state index contributed by atoms with van der Waals surface area (Å²) in [7, 11) is 0.